The molecule has 0 spiro atoms. The van der Waals surface area contributed by atoms with Gasteiger partial charge >= 0.3 is 0 Å². The van der Waals surface area contributed by atoms with Crippen LogP contribution in [0.3, 0.4) is 0 Å². The Balaban J connectivity index is 2.96. The molecule has 0 aromatic carbocycles. The first-order valence-corrected chi connectivity index (χ1v) is 7.59. The Bertz CT molecular complexity index is 513. The van der Waals surface area contributed by atoms with E-state index in [0.717, 1.165) is 24.3 Å². The van der Waals surface area contributed by atoms with Crippen LogP contribution in [0.4, 0.5) is 10.7 Å². The Morgan fingerprint density at radius 2 is 1.95 bits per heavy atom. The number of thiophene rings is 1. The van der Waals surface area contributed by atoms with Crippen LogP contribution < -0.4 is 22.1 Å². The molecule has 0 saturated carbocycles. The van der Waals surface area contributed by atoms with E-state index in [9.17, 15) is 9.59 Å². The number of carbonyl (C=O) groups is 2. The van der Waals surface area contributed by atoms with Crippen LogP contribution in [0.5, 0.6) is 0 Å². The quantitative estimate of drug-likeness (QED) is 0.559. The van der Waals surface area contributed by atoms with Crippen LogP contribution >= 0.6 is 11.3 Å². The molecule has 0 aliphatic heterocycles. The van der Waals surface area contributed by atoms with Crippen LogP contribution in [-0.4, -0.2) is 50.4 Å². The molecule has 0 radical (unpaired) electrons. The monoisotopic (exact) mass is 313 g/mol. The number of nitrogens with two attached hydrogens (primary N) is 2. The van der Waals surface area contributed by atoms with Crippen molar-refractivity contribution in [1.82, 2.24) is 10.2 Å². The molecule has 1 rings (SSSR count). The second-order valence-electron chi connectivity index (χ2n) is 4.90. The summed E-state index contributed by atoms with van der Waals surface area (Å²) < 4.78 is 0. The highest BCUT2D eigenvalue weighted by atomic mass is 32.1. The average Bonchev–Trinajstić information content (AvgIpc) is 2.72. The largest absolute Gasteiger partial charge is 0.397 e. The molecule has 0 bridgehead atoms. The van der Waals surface area contributed by atoms with Crippen LogP contribution in [0.2, 0.25) is 0 Å². The Hall–Kier alpha value is -1.80. The summed E-state index contributed by atoms with van der Waals surface area (Å²) in [4.78, 5) is 25.9. The van der Waals surface area contributed by atoms with Gasteiger partial charge < -0.3 is 27.0 Å². The van der Waals surface area contributed by atoms with E-state index in [-0.39, 0.29) is 17.2 Å². The van der Waals surface area contributed by atoms with Crippen molar-refractivity contribution >= 4 is 33.8 Å². The maximum absolute atomic E-state index is 12.0. The topological polar surface area (TPSA) is 113 Å². The fourth-order valence-corrected chi connectivity index (χ4v) is 2.76. The van der Waals surface area contributed by atoms with Crippen LogP contribution in [0, 0.1) is 0 Å². The van der Waals surface area contributed by atoms with E-state index >= 15 is 0 Å². The minimum atomic E-state index is -0.634. The predicted octanol–water partition coefficient (Wildman–Crippen LogP) is 0.543. The molecule has 2 amide bonds. The van der Waals surface area contributed by atoms with Gasteiger partial charge in [0, 0.05) is 19.6 Å². The molecule has 1 aromatic heterocycles. The van der Waals surface area contributed by atoms with Gasteiger partial charge in [-0.2, -0.15) is 0 Å². The third-order valence-corrected chi connectivity index (χ3v) is 3.94. The minimum Gasteiger partial charge on any atom is -0.397 e. The number of amides is 2. The van der Waals surface area contributed by atoms with Gasteiger partial charge in [0.25, 0.3) is 11.8 Å². The Kier molecular flexibility index (Phi) is 6.44. The number of likely N-dealkylation sites (N-methyl/N-ethyl adjacent to an activating group) is 1. The Labute approximate surface area is 128 Å². The fraction of sp³-hybridized carbons (Fsp3) is 0.538. The first kappa shape index (κ1) is 17.3. The van der Waals surface area contributed by atoms with Crippen LogP contribution in [0.1, 0.15) is 33.4 Å². The van der Waals surface area contributed by atoms with E-state index < -0.39 is 5.91 Å². The summed E-state index contributed by atoms with van der Waals surface area (Å²) in [5, 5.41) is 6.41. The summed E-state index contributed by atoms with van der Waals surface area (Å²) in [5.74, 6) is -0.909. The molecular weight excluding hydrogens is 290 g/mol. The van der Waals surface area contributed by atoms with E-state index in [1.807, 2.05) is 25.9 Å². The molecule has 1 aromatic rings. The van der Waals surface area contributed by atoms with E-state index in [2.05, 4.69) is 10.6 Å². The van der Waals surface area contributed by atoms with Crippen molar-refractivity contribution in [3.63, 3.8) is 0 Å². The fourth-order valence-electron chi connectivity index (χ4n) is 1.69. The van der Waals surface area contributed by atoms with Crippen LogP contribution in [-0.2, 0) is 0 Å². The van der Waals surface area contributed by atoms with Gasteiger partial charge in [0.1, 0.15) is 9.88 Å². The lowest BCUT2D eigenvalue weighted by molar-refractivity contribution is 0.0958. The highest BCUT2D eigenvalue weighted by Crippen LogP contribution is 2.35. The third kappa shape index (κ3) is 4.61. The lowest BCUT2D eigenvalue weighted by atomic mass is 10.2. The first-order valence-electron chi connectivity index (χ1n) is 6.77. The van der Waals surface area contributed by atoms with Crippen molar-refractivity contribution in [1.29, 1.82) is 0 Å². The molecule has 1 heterocycles. The normalized spacial score (nSPS) is 10.7. The van der Waals surface area contributed by atoms with Crippen molar-refractivity contribution < 1.29 is 9.59 Å². The number of hydrogen-bond donors (Lipinski definition) is 4. The van der Waals surface area contributed by atoms with E-state index in [1.54, 1.807) is 0 Å². The summed E-state index contributed by atoms with van der Waals surface area (Å²) in [6.45, 7) is 3.93. The molecule has 0 saturated heterocycles. The smallest absolute Gasteiger partial charge is 0.263 e. The number of anilines is 2. The third-order valence-electron chi connectivity index (χ3n) is 2.78. The maximum Gasteiger partial charge on any atom is 0.263 e. The number of nitrogen functional groups attached to an aromatic ring is 1. The molecule has 118 valence electrons. The number of nitrogens with one attached hydrogen (secondary N) is 2. The predicted molar refractivity (Wildman–Crippen MR) is 86.9 cm³/mol. The molecule has 0 atom stereocenters. The summed E-state index contributed by atoms with van der Waals surface area (Å²) in [6, 6.07) is 0. The van der Waals surface area contributed by atoms with Gasteiger partial charge in [-0.05, 0) is 20.5 Å². The molecule has 0 fully saturated rings. The molecule has 21 heavy (non-hydrogen) atoms. The van der Waals surface area contributed by atoms with Gasteiger partial charge in [-0.3, -0.25) is 9.59 Å². The van der Waals surface area contributed by atoms with E-state index in [0.29, 0.717) is 23.0 Å². The zero-order chi connectivity index (χ0) is 16.0. The number of carbonyl (C=O) groups excluding carboxylic acids is 2. The second kappa shape index (κ2) is 7.84. The van der Waals surface area contributed by atoms with Crippen molar-refractivity contribution in [2.75, 3.05) is 44.8 Å². The van der Waals surface area contributed by atoms with Crippen LogP contribution in [0.15, 0.2) is 0 Å². The second-order valence-corrected chi connectivity index (χ2v) is 5.92. The zero-order valence-corrected chi connectivity index (χ0v) is 13.5. The summed E-state index contributed by atoms with van der Waals surface area (Å²) in [6.07, 6.45) is 0.827. The van der Waals surface area contributed by atoms with E-state index in [4.69, 9.17) is 11.5 Å². The molecular formula is C13H23N5O2S. The highest BCUT2D eigenvalue weighted by Gasteiger charge is 2.23. The van der Waals surface area contributed by atoms with Gasteiger partial charge in [0.15, 0.2) is 0 Å². The number of nitrogens with zero attached hydrogens (tertiary/aromatic N) is 1. The Morgan fingerprint density at radius 1 is 1.29 bits per heavy atom. The lowest BCUT2D eigenvalue weighted by Gasteiger charge is -2.10. The first-order chi connectivity index (χ1) is 9.88. The standard InChI is InChI=1S/C13H23N5O2S/c1-4-5-16-12(20)10-9(14)8(11(15)19)13(21-10)17-6-7-18(2)3/h17H,4-7,14H2,1-3H3,(H2,15,19)(H,16,20). The van der Waals surface area contributed by atoms with Gasteiger partial charge in [0.2, 0.25) is 0 Å². The van der Waals surface area contributed by atoms with E-state index in [1.165, 1.54) is 0 Å². The van der Waals surface area contributed by atoms with Crippen molar-refractivity contribution in [3.05, 3.63) is 10.4 Å². The minimum absolute atomic E-state index is 0.147. The summed E-state index contributed by atoms with van der Waals surface area (Å²) in [5.41, 5.74) is 11.6. The van der Waals surface area contributed by atoms with Gasteiger partial charge in [-0.25, -0.2) is 0 Å². The molecule has 7 nitrogen and oxygen atoms in total. The molecule has 6 N–H and O–H groups in total. The maximum atomic E-state index is 12.0. The number of hydrogen-bond acceptors (Lipinski definition) is 6. The van der Waals surface area contributed by atoms with Crippen molar-refractivity contribution in [2.24, 2.45) is 5.73 Å². The molecule has 0 aliphatic carbocycles. The molecule has 0 unspecified atom stereocenters. The molecule has 8 heteroatoms. The Morgan fingerprint density at radius 3 is 2.48 bits per heavy atom. The SMILES string of the molecule is CCCNC(=O)c1sc(NCCN(C)C)c(C(N)=O)c1N. The van der Waals surface area contributed by atoms with Crippen molar-refractivity contribution in [3.8, 4) is 0 Å². The average molecular weight is 313 g/mol. The van der Waals surface area contributed by atoms with Gasteiger partial charge in [-0.1, -0.05) is 6.92 Å². The number of primary amides is 1. The lowest BCUT2D eigenvalue weighted by Crippen LogP contribution is -2.24. The van der Waals surface area contributed by atoms with Gasteiger partial charge in [-0.15, -0.1) is 11.3 Å². The zero-order valence-electron chi connectivity index (χ0n) is 12.7. The highest BCUT2D eigenvalue weighted by molar-refractivity contribution is 7.19. The number of rotatable bonds is 8. The summed E-state index contributed by atoms with van der Waals surface area (Å²) >= 11 is 1.16. The van der Waals surface area contributed by atoms with Crippen LogP contribution in [0.25, 0.3) is 0 Å². The van der Waals surface area contributed by atoms with Gasteiger partial charge in [0.05, 0.1) is 11.3 Å². The summed E-state index contributed by atoms with van der Waals surface area (Å²) in [7, 11) is 3.90. The van der Waals surface area contributed by atoms with Crippen molar-refractivity contribution in [2.45, 2.75) is 13.3 Å². The molecule has 0 aliphatic rings.